The Morgan fingerprint density at radius 1 is 1.33 bits per heavy atom. The van der Waals surface area contributed by atoms with Crippen molar-refractivity contribution < 1.29 is 9.90 Å². The zero-order chi connectivity index (χ0) is 13.2. The summed E-state index contributed by atoms with van der Waals surface area (Å²) in [5.74, 6) is -0.788. The first kappa shape index (κ1) is 14.7. The second kappa shape index (κ2) is 8.67. The van der Waals surface area contributed by atoms with Crippen LogP contribution in [0.2, 0.25) is 0 Å². The molecule has 1 aromatic heterocycles. The van der Waals surface area contributed by atoms with Crippen molar-refractivity contribution in [2.45, 2.75) is 51.9 Å². The quantitative estimate of drug-likeness (QED) is 0.679. The molecule has 18 heavy (non-hydrogen) atoms. The summed E-state index contributed by atoms with van der Waals surface area (Å²) >= 11 is 0. The molecule has 0 radical (unpaired) electrons. The van der Waals surface area contributed by atoms with E-state index in [0.29, 0.717) is 0 Å². The van der Waals surface area contributed by atoms with Crippen LogP contribution in [0.4, 0.5) is 0 Å². The van der Waals surface area contributed by atoms with E-state index in [-0.39, 0.29) is 5.92 Å². The fraction of sp³-hybridized carbons (Fsp3) is 0.600. The first-order chi connectivity index (χ1) is 8.74. The Morgan fingerprint density at radius 2 is 2.11 bits per heavy atom. The van der Waals surface area contributed by atoms with Gasteiger partial charge in [-0.05, 0) is 37.3 Å². The van der Waals surface area contributed by atoms with Crippen LogP contribution in [0, 0.1) is 5.92 Å². The topological polar surface area (TPSA) is 50.2 Å². The van der Waals surface area contributed by atoms with Crippen LogP contribution >= 0.6 is 0 Å². The maximum Gasteiger partial charge on any atom is 0.306 e. The first-order valence-electron chi connectivity index (χ1n) is 6.85. The van der Waals surface area contributed by atoms with Crippen LogP contribution in [0.5, 0.6) is 0 Å². The number of pyridine rings is 1. The molecule has 0 aromatic carbocycles. The molecule has 1 atom stereocenters. The van der Waals surface area contributed by atoms with E-state index in [1.165, 1.54) is 5.56 Å². The molecule has 0 bridgehead atoms. The van der Waals surface area contributed by atoms with Gasteiger partial charge in [0.2, 0.25) is 0 Å². The second-order valence-corrected chi connectivity index (χ2v) is 4.78. The normalized spacial score (nSPS) is 12.3. The van der Waals surface area contributed by atoms with Crippen LogP contribution in [0.3, 0.4) is 0 Å². The number of hydrogen-bond acceptors (Lipinski definition) is 2. The van der Waals surface area contributed by atoms with Crippen molar-refractivity contribution in [2.75, 3.05) is 0 Å². The summed E-state index contributed by atoms with van der Waals surface area (Å²) in [6, 6.07) is 4.01. The zero-order valence-electron chi connectivity index (χ0n) is 11.1. The number of rotatable bonds is 9. The number of aliphatic carboxylic acids is 1. The van der Waals surface area contributed by atoms with Crippen molar-refractivity contribution in [3.8, 4) is 0 Å². The van der Waals surface area contributed by atoms with E-state index in [4.69, 9.17) is 5.11 Å². The van der Waals surface area contributed by atoms with Crippen LogP contribution in [-0.2, 0) is 11.2 Å². The molecule has 1 unspecified atom stereocenters. The fourth-order valence-corrected chi connectivity index (χ4v) is 2.11. The van der Waals surface area contributed by atoms with Gasteiger partial charge in [0, 0.05) is 12.4 Å². The predicted molar refractivity (Wildman–Crippen MR) is 72.4 cm³/mol. The lowest BCUT2D eigenvalue weighted by Gasteiger charge is -2.11. The van der Waals surface area contributed by atoms with E-state index in [9.17, 15) is 4.79 Å². The van der Waals surface area contributed by atoms with Gasteiger partial charge in [0.05, 0.1) is 5.92 Å². The van der Waals surface area contributed by atoms with Crippen LogP contribution < -0.4 is 0 Å². The Morgan fingerprint density at radius 3 is 2.72 bits per heavy atom. The van der Waals surface area contributed by atoms with E-state index in [2.05, 4.69) is 18.0 Å². The zero-order valence-corrected chi connectivity index (χ0v) is 11.1. The highest BCUT2D eigenvalue weighted by Crippen LogP contribution is 2.17. The summed E-state index contributed by atoms with van der Waals surface area (Å²) < 4.78 is 0. The largest absolute Gasteiger partial charge is 0.481 e. The number of unbranched alkanes of at least 4 members (excludes halogenated alkanes) is 2. The van der Waals surface area contributed by atoms with Gasteiger partial charge in [-0.3, -0.25) is 9.78 Å². The summed E-state index contributed by atoms with van der Waals surface area (Å²) in [6.07, 6.45) is 10.4. The third-order valence-electron chi connectivity index (χ3n) is 3.25. The highest BCUT2D eigenvalue weighted by Gasteiger charge is 2.15. The van der Waals surface area contributed by atoms with Crippen molar-refractivity contribution >= 4 is 5.97 Å². The van der Waals surface area contributed by atoms with Gasteiger partial charge in [-0.25, -0.2) is 0 Å². The Labute approximate surface area is 109 Å². The first-order valence-corrected chi connectivity index (χ1v) is 6.85. The molecule has 0 saturated carbocycles. The molecule has 0 aliphatic carbocycles. The molecular formula is C15H23NO2. The highest BCUT2D eigenvalue weighted by atomic mass is 16.4. The van der Waals surface area contributed by atoms with Crippen molar-refractivity contribution in [1.29, 1.82) is 0 Å². The number of nitrogens with zero attached hydrogens (tertiary/aromatic N) is 1. The lowest BCUT2D eigenvalue weighted by Crippen LogP contribution is -2.13. The molecule has 1 rings (SSSR count). The third-order valence-corrected chi connectivity index (χ3v) is 3.25. The predicted octanol–water partition coefficient (Wildman–Crippen LogP) is 3.69. The van der Waals surface area contributed by atoms with Gasteiger partial charge < -0.3 is 5.11 Å². The molecule has 0 amide bonds. The standard InChI is InChI=1S/C15H23NO2/c1-2-3-9-14(15(17)18)10-5-4-7-13-8-6-11-16-12-13/h6,8,11-12,14H,2-5,7,9-10H2,1H3,(H,17,18). The summed E-state index contributed by atoms with van der Waals surface area (Å²) in [7, 11) is 0. The number of carboxylic acids is 1. The summed E-state index contributed by atoms with van der Waals surface area (Å²) in [4.78, 5) is 15.1. The van der Waals surface area contributed by atoms with Gasteiger partial charge in [0.25, 0.3) is 0 Å². The molecule has 0 fully saturated rings. The molecule has 3 heteroatoms. The summed E-state index contributed by atoms with van der Waals surface area (Å²) in [5, 5.41) is 9.11. The number of aryl methyl sites for hydroxylation is 1. The second-order valence-electron chi connectivity index (χ2n) is 4.78. The molecule has 0 aliphatic rings. The third kappa shape index (κ3) is 5.80. The Kier molecular flexibility index (Phi) is 7.07. The molecule has 1 heterocycles. The van der Waals surface area contributed by atoms with Gasteiger partial charge in [-0.15, -0.1) is 0 Å². The van der Waals surface area contributed by atoms with Crippen molar-refractivity contribution in [3.63, 3.8) is 0 Å². The van der Waals surface area contributed by atoms with Gasteiger partial charge in [0.15, 0.2) is 0 Å². The Balaban J connectivity index is 2.20. The van der Waals surface area contributed by atoms with Crippen LogP contribution in [-0.4, -0.2) is 16.1 Å². The van der Waals surface area contributed by atoms with Crippen molar-refractivity contribution in [2.24, 2.45) is 5.92 Å². The number of hydrogen-bond donors (Lipinski definition) is 1. The van der Waals surface area contributed by atoms with Crippen LogP contribution in [0.25, 0.3) is 0 Å². The van der Waals surface area contributed by atoms with E-state index in [1.54, 1.807) is 6.20 Å². The lowest BCUT2D eigenvalue weighted by atomic mass is 9.95. The van der Waals surface area contributed by atoms with E-state index in [0.717, 1.165) is 44.9 Å². The Hall–Kier alpha value is -1.38. The van der Waals surface area contributed by atoms with Gasteiger partial charge >= 0.3 is 5.97 Å². The van der Waals surface area contributed by atoms with E-state index in [1.807, 2.05) is 12.3 Å². The molecule has 0 spiro atoms. The van der Waals surface area contributed by atoms with E-state index < -0.39 is 5.97 Å². The molecule has 1 N–H and O–H groups in total. The van der Waals surface area contributed by atoms with Crippen molar-refractivity contribution in [3.05, 3.63) is 30.1 Å². The number of aromatic nitrogens is 1. The molecule has 1 aromatic rings. The van der Waals surface area contributed by atoms with Crippen LogP contribution in [0.15, 0.2) is 24.5 Å². The monoisotopic (exact) mass is 249 g/mol. The van der Waals surface area contributed by atoms with Gasteiger partial charge in [-0.1, -0.05) is 32.3 Å². The minimum Gasteiger partial charge on any atom is -0.481 e. The number of carboxylic acid groups (broad SMARTS) is 1. The molecule has 0 aliphatic heterocycles. The molecule has 100 valence electrons. The smallest absolute Gasteiger partial charge is 0.306 e. The molecule has 0 saturated heterocycles. The lowest BCUT2D eigenvalue weighted by molar-refractivity contribution is -0.142. The average molecular weight is 249 g/mol. The SMILES string of the molecule is CCCCC(CCCCc1cccnc1)C(=O)O. The van der Waals surface area contributed by atoms with Gasteiger partial charge in [0.1, 0.15) is 0 Å². The molecular weight excluding hydrogens is 226 g/mol. The maximum absolute atomic E-state index is 11.1. The van der Waals surface area contributed by atoms with Crippen LogP contribution in [0.1, 0.15) is 51.0 Å². The van der Waals surface area contributed by atoms with E-state index >= 15 is 0 Å². The minimum absolute atomic E-state index is 0.154. The number of carbonyl (C=O) groups is 1. The van der Waals surface area contributed by atoms with Gasteiger partial charge in [-0.2, -0.15) is 0 Å². The maximum atomic E-state index is 11.1. The Bertz CT molecular complexity index is 338. The highest BCUT2D eigenvalue weighted by molar-refractivity contribution is 5.69. The summed E-state index contributed by atoms with van der Waals surface area (Å²) in [5.41, 5.74) is 1.23. The summed E-state index contributed by atoms with van der Waals surface area (Å²) in [6.45, 7) is 2.10. The average Bonchev–Trinajstić information content (AvgIpc) is 2.38. The fourth-order valence-electron chi connectivity index (χ4n) is 2.11. The molecule has 3 nitrogen and oxygen atoms in total. The minimum atomic E-state index is -0.634. The van der Waals surface area contributed by atoms with Crippen molar-refractivity contribution in [1.82, 2.24) is 4.98 Å².